The lowest BCUT2D eigenvalue weighted by molar-refractivity contribution is -0.156. The van der Waals surface area contributed by atoms with E-state index in [2.05, 4.69) is 5.32 Å². The number of rotatable bonds is 8. The van der Waals surface area contributed by atoms with Gasteiger partial charge in [0.25, 0.3) is 0 Å². The maximum absolute atomic E-state index is 11.6. The van der Waals surface area contributed by atoms with Gasteiger partial charge in [0.15, 0.2) is 0 Å². The number of carbonyl (C=O) groups is 3. The monoisotopic (exact) mass is 302 g/mol. The molecule has 0 heterocycles. The van der Waals surface area contributed by atoms with Gasteiger partial charge in [0.05, 0.1) is 19.1 Å². The van der Waals surface area contributed by atoms with Crippen molar-refractivity contribution in [2.75, 3.05) is 13.2 Å². The Balaban J connectivity index is 4.00. The second-order valence-corrected chi connectivity index (χ2v) is 5.69. The van der Waals surface area contributed by atoms with Crippen LogP contribution in [0.4, 0.5) is 0 Å². The molecule has 0 aromatic carbocycles. The summed E-state index contributed by atoms with van der Waals surface area (Å²) in [6, 6.07) is -1.05. The first-order valence-electron chi connectivity index (χ1n) is 7.06. The average molecular weight is 302 g/mol. The zero-order valence-electron chi connectivity index (χ0n) is 13.2. The highest BCUT2D eigenvalue weighted by molar-refractivity contribution is 5.88. The van der Waals surface area contributed by atoms with Crippen molar-refractivity contribution < 1.29 is 23.9 Å². The normalized spacial score (nSPS) is 12.4. The smallest absolute Gasteiger partial charge is 0.325 e. The van der Waals surface area contributed by atoms with E-state index in [0.717, 1.165) is 12.8 Å². The van der Waals surface area contributed by atoms with E-state index in [1.807, 2.05) is 6.92 Å². The third-order valence-electron chi connectivity index (χ3n) is 2.31. The largest absolute Gasteiger partial charge is 0.464 e. The molecule has 0 bridgehead atoms. The molecule has 1 amide bonds. The zero-order valence-corrected chi connectivity index (χ0v) is 13.2. The number of hydrogen-bond donors (Lipinski definition) is 2. The minimum absolute atomic E-state index is 0.242. The van der Waals surface area contributed by atoms with Crippen LogP contribution in [-0.2, 0) is 23.9 Å². The summed E-state index contributed by atoms with van der Waals surface area (Å²) < 4.78 is 9.93. The van der Waals surface area contributed by atoms with E-state index in [0.29, 0.717) is 6.61 Å². The molecular weight excluding hydrogens is 276 g/mol. The summed E-state index contributed by atoms with van der Waals surface area (Å²) in [6.07, 6.45) is 1.45. The molecule has 0 rings (SSSR count). The van der Waals surface area contributed by atoms with Crippen molar-refractivity contribution in [3.8, 4) is 0 Å². The molecule has 7 nitrogen and oxygen atoms in total. The molecule has 0 spiro atoms. The van der Waals surface area contributed by atoms with E-state index in [-0.39, 0.29) is 13.0 Å². The lowest BCUT2D eigenvalue weighted by Crippen LogP contribution is -2.44. The molecule has 0 saturated heterocycles. The average Bonchev–Trinajstić information content (AvgIpc) is 2.33. The van der Waals surface area contributed by atoms with Crippen LogP contribution in [0.5, 0.6) is 0 Å². The number of carbonyl (C=O) groups excluding carboxylic acids is 3. The number of esters is 2. The standard InChI is InChI=1S/C14H26N2O5/c1-5-6-7-20-12(18)9-16-13(19)10(15)8-11(17)21-14(2,3)4/h10H,5-9,15H2,1-4H3,(H,16,19)/t10-/m1/s1. The quantitative estimate of drug-likeness (QED) is 0.499. The highest BCUT2D eigenvalue weighted by Crippen LogP contribution is 2.08. The van der Waals surface area contributed by atoms with Gasteiger partial charge in [0.2, 0.25) is 5.91 Å². The van der Waals surface area contributed by atoms with Gasteiger partial charge < -0.3 is 20.5 Å². The van der Waals surface area contributed by atoms with Gasteiger partial charge in [-0.3, -0.25) is 14.4 Å². The predicted molar refractivity (Wildman–Crippen MR) is 77.3 cm³/mol. The Kier molecular flexibility index (Phi) is 8.61. The van der Waals surface area contributed by atoms with Gasteiger partial charge in [-0.05, 0) is 27.2 Å². The van der Waals surface area contributed by atoms with Crippen LogP contribution in [0, 0.1) is 0 Å². The van der Waals surface area contributed by atoms with Crippen LogP contribution in [0.2, 0.25) is 0 Å². The first kappa shape index (κ1) is 19.4. The molecule has 122 valence electrons. The maximum atomic E-state index is 11.6. The minimum Gasteiger partial charge on any atom is -0.464 e. The first-order chi connectivity index (χ1) is 9.65. The number of ether oxygens (including phenoxy) is 2. The lowest BCUT2D eigenvalue weighted by Gasteiger charge is -2.20. The van der Waals surface area contributed by atoms with E-state index < -0.39 is 29.5 Å². The maximum Gasteiger partial charge on any atom is 0.325 e. The molecule has 7 heteroatoms. The first-order valence-corrected chi connectivity index (χ1v) is 7.06. The van der Waals surface area contributed by atoms with Crippen molar-refractivity contribution in [3.05, 3.63) is 0 Å². The van der Waals surface area contributed by atoms with Crippen molar-refractivity contribution in [2.24, 2.45) is 5.73 Å². The van der Waals surface area contributed by atoms with Gasteiger partial charge in [-0.1, -0.05) is 13.3 Å². The highest BCUT2D eigenvalue weighted by Gasteiger charge is 2.22. The molecule has 21 heavy (non-hydrogen) atoms. The molecule has 0 aromatic heterocycles. The summed E-state index contributed by atoms with van der Waals surface area (Å²) >= 11 is 0. The summed E-state index contributed by atoms with van der Waals surface area (Å²) in [6.45, 7) is 7.22. The molecular formula is C14H26N2O5. The van der Waals surface area contributed by atoms with Crippen molar-refractivity contribution in [1.82, 2.24) is 5.32 Å². The number of nitrogens with two attached hydrogens (primary N) is 1. The summed E-state index contributed by atoms with van der Waals surface area (Å²) in [5.74, 6) is -1.68. The van der Waals surface area contributed by atoms with Crippen LogP contribution in [0.1, 0.15) is 47.0 Å². The van der Waals surface area contributed by atoms with Crippen LogP contribution >= 0.6 is 0 Å². The Labute approximate surface area is 125 Å². The molecule has 0 aliphatic heterocycles. The van der Waals surface area contributed by atoms with Crippen LogP contribution in [0.3, 0.4) is 0 Å². The summed E-state index contributed by atoms with van der Waals surface area (Å²) in [5.41, 5.74) is 4.95. The Morgan fingerprint density at radius 1 is 1.19 bits per heavy atom. The van der Waals surface area contributed by atoms with Crippen molar-refractivity contribution >= 4 is 17.8 Å². The fourth-order valence-electron chi connectivity index (χ4n) is 1.33. The third kappa shape index (κ3) is 10.8. The molecule has 0 aliphatic carbocycles. The topological polar surface area (TPSA) is 108 Å². The van der Waals surface area contributed by atoms with Crippen molar-refractivity contribution in [2.45, 2.75) is 58.6 Å². The number of nitrogens with one attached hydrogen (secondary N) is 1. The van der Waals surface area contributed by atoms with Crippen LogP contribution in [-0.4, -0.2) is 42.6 Å². The van der Waals surface area contributed by atoms with Gasteiger partial charge in [-0.15, -0.1) is 0 Å². The van der Waals surface area contributed by atoms with E-state index in [9.17, 15) is 14.4 Å². The fourth-order valence-corrected chi connectivity index (χ4v) is 1.33. The lowest BCUT2D eigenvalue weighted by atomic mass is 10.1. The zero-order chi connectivity index (χ0) is 16.5. The Morgan fingerprint density at radius 2 is 1.81 bits per heavy atom. The fraction of sp³-hybridized carbons (Fsp3) is 0.786. The summed E-state index contributed by atoms with van der Waals surface area (Å²) in [5, 5.41) is 2.33. The molecule has 1 atom stereocenters. The van der Waals surface area contributed by atoms with Crippen molar-refractivity contribution in [3.63, 3.8) is 0 Å². The Hall–Kier alpha value is -1.63. The van der Waals surface area contributed by atoms with Gasteiger partial charge in [0.1, 0.15) is 12.1 Å². The van der Waals surface area contributed by atoms with Crippen LogP contribution in [0.25, 0.3) is 0 Å². The second-order valence-electron chi connectivity index (χ2n) is 5.69. The molecule has 3 N–H and O–H groups in total. The van der Waals surface area contributed by atoms with Gasteiger partial charge >= 0.3 is 11.9 Å². The molecule has 0 unspecified atom stereocenters. The van der Waals surface area contributed by atoms with E-state index in [4.69, 9.17) is 15.2 Å². The molecule has 0 fully saturated rings. The third-order valence-corrected chi connectivity index (χ3v) is 2.31. The van der Waals surface area contributed by atoms with Crippen LogP contribution < -0.4 is 11.1 Å². The number of amides is 1. The number of unbranched alkanes of at least 4 members (excludes halogenated alkanes) is 1. The van der Waals surface area contributed by atoms with Gasteiger partial charge in [0, 0.05) is 0 Å². The van der Waals surface area contributed by atoms with Gasteiger partial charge in [-0.25, -0.2) is 0 Å². The van der Waals surface area contributed by atoms with Crippen LogP contribution in [0.15, 0.2) is 0 Å². The second kappa shape index (κ2) is 9.33. The SMILES string of the molecule is CCCCOC(=O)CNC(=O)[C@H](N)CC(=O)OC(C)(C)C. The molecule has 0 aliphatic rings. The predicted octanol–water partition coefficient (Wildman–Crippen LogP) is 0.505. The van der Waals surface area contributed by atoms with E-state index in [1.54, 1.807) is 20.8 Å². The van der Waals surface area contributed by atoms with E-state index >= 15 is 0 Å². The summed E-state index contributed by atoms with van der Waals surface area (Å²) in [4.78, 5) is 34.4. The molecule has 0 saturated carbocycles. The Bertz CT molecular complexity index is 363. The van der Waals surface area contributed by atoms with Gasteiger partial charge in [-0.2, -0.15) is 0 Å². The van der Waals surface area contributed by atoms with Crippen molar-refractivity contribution in [1.29, 1.82) is 0 Å². The summed E-state index contributed by atoms with van der Waals surface area (Å²) in [7, 11) is 0. The molecule has 0 radical (unpaired) electrons. The minimum atomic E-state index is -1.05. The molecule has 0 aromatic rings. The highest BCUT2D eigenvalue weighted by atomic mass is 16.6. The number of hydrogen-bond acceptors (Lipinski definition) is 6. The Morgan fingerprint density at radius 3 is 2.33 bits per heavy atom. The van der Waals surface area contributed by atoms with E-state index in [1.165, 1.54) is 0 Å².